The van der Waals surface area contributed by atoms with Crippen LogP contribution in [0.5, 0.6) is 11.5 Å². The van der Waals surface area contributed by atoms with E-state index < -0.39 is 31.1 Å². The molecule has 1 aliphatic heterocycles. The number of para-hydroxylation sites is 2. The Morgan fingerprint density at radius 2 is 1.31 bits per heavy atom. The largest absolute Gasteiger partial charge is 0.452 e. The predicted octanol–water partition coefficient (Wildman–Crippen LogP) is 4.11. The van der Waals surface area contributed by atoms with Crippen LogP contribution < -0.4 is 14.4 Å². The topological polar surface area (TPSA) is 111 Å². The summed E-state index contributed by atoms with van der Waals surface area (Å²) < 4.78 is 30.5. The van der Waals surface area contributed by atoms with Gasteiger partial charge in [-0.3, -0.25) is 19.3 Å². The molecule has 3 aromatic rings. The van der Waals surface area contributed by atoms with E-state index in [1.165, 1.54) is 6.92 Å². The highest BCUT2D eigenvalue weighted by atomic mass is 31.2. The smallest absolute Gasteiger partial charge is 0.415 e. The maximum absolute atomic E-state index is 13.7. The second-order valence-electron chi connectivity index (χ2n) is 7.95. The van der Waals surface area contributed by atoms with Gasteiger partial charge in [-0.15, -0.1) is 0 Å². The third-order valence-corrected chi connectivity index (χ3v) is 7.37. The fraction of sp³-hybridized carbons (Fsp3) is 0.192. The van der Waals surface area contributed by atoms with Crippen LogP contribution in [0.15, 0.2) is 84.9 Å². The number of rotatable bonds is 11. The minimum absolute atomic E-state index is 0.00189. The number of nitrogens with zero attached hydrogens (tertiary/aromatic N) is 1. The lowest BCUT2D eigenvalue weighted by Crippen LogP contribution is -2.38. The normalized spacial score (nSPS) is 13.8. The van der Waals surface area contributed by atoms with Gasteiger partial charge in [-0.1, -0.05) is 48.5 Å². The summed E-state index contributed by atoms with van der Waals surface area (Å²) >= 11 is 0. The number of imide groups is 1. The van der Waals surface area contributed by atoms with Crippen LogP contribution in [0.25, 0.3) is 0 Å². The lowest BCUT2D eigenvalue weighted by atomic mass is 10.1. The Hall–Kier alpha value is -3.94. The molecule has 0 saturated heterocycles. The Balaban J connectivity index is 1.32. The molecule has 0 unspecified atom stereocenters. The first-order valence-electron chi connectivity index (χ1n) is 11.3. The molecule has 1 N–H and O–H groups in total. The van der Waals surface area contributed by atoms with E-state index in [1.54, 1.807) is 84.9 Å². The van der Waals surface area contributed by atoms with Crippen LogP contribution in [0.1, 0.15) is 27.6 Å². The number of nitrogens with one attached hydrogen (secondary N) is 1. The predicted molar refractivity (Wildman–Crippen MR) is 132 cm³/mol. The number of amides is 3. The van der Waals surface area contributed by atoms with E-state index in [1.807, 2.05) is 0 Å². The van der Waals surface area contributed by atoms with Gasteiger partial charge < -0.3 is 19.1 Å². The zero-order valence-corrected chi connectivity index (χ0v) is 20.4. The number of benzene rings is 3. The van der Waals surface area contributed by atoms with Gasteiger partial charge in [0, 0.05) is 0 Å². The van der Waals surface area contributed by atoms with E-state index in [4.69, 9.17) is 13.8 Å². The average Bonchev–Trinajstić information content (AvgIpc) is 3.12. The van der Waals surface area contributed by atoms with Crippen molar-refractivity contribution in [2.75, 3.05) is 19.8 Å². The molecule has 0 saturated carbocycles. The van der Waals surface area contributed by atoms with Gasteiger partial charge in [0.15, 0.2) is 5.78 Å². The first-order valence-corrected chi connectivity index (χ1v) is 12.9. The number of ether oxygens (including phenoxy) is 1. The van der Waals surface area contributed by atoms with Crippen LogP contribution in [0.3, 0.4) is 0 Å². The van der Waals surface area contributed by atoms with Crippen LogP contribution in [-0.4, -0.2) is 48.2 Å². The Bertz CT molecular complexity index is 1200. The fourth-order valence-electron chi connectivity index (χ4n) is 3.55. The standard InChI is InChI=1S/C26H25N2O7P/c1-19(36(32,34-20-10-4-2-5-11-20)35-21-12-6-3-7-13-21)27-24(29)18-33-17-16-28-25(30)22-14-8-9-15-23(22)26(28)31/h2-15,19H,16-18H2,1H3,(H,27,29)/t19-/m1/s1. The Kier molecular flexibility index (Phi) is 7.83. The summed E-state index contributed by atoms with van der Waals surface area (Å²) in [6.45, 7) is 1.11. The molecule has 0 aliphatic carbocycles. The molecule has 10 heteroatoms. The molecule has 186 valence electrons. The van der Waals surface area contributed by atoms with Gasteiger partial charge in [0.2, 0.25) is 5.91 Å². The van der Waals surface area contributed by atoms with Crippen molar-refractivity contribution in [1.29, 1.82) is 0 Å². The highest BCUT2D eigenvalue weighted by Crippen LogP contribution is 2.51. The molecular formula is C26H25N2O7P. The summed E-state index contributed by atoms with van der Waals surface area (Å²) in [5, 5.41) is 2.60. The molecule has 0 spiro atoms. The molecule has 4 rings (SSSR count). The van der Waals surface area contributed by atoms with Gasteiger partial charge in [-0.05, 0) is 43.3 Å². The van der Waals surface area contributed by atoms with E-state index in [0.717, 1.165) is 4.90 Å². The first-order chi connectivity index (χ1) is 17.4. The summed E-state index contributed by atoms with van der Waals surface area (Å²) in [4.78, 5) is 38.4. The van der Waals surface area contributed by atoms with Crippen LogP contribution >= 0.6 is 7.60 Å². The van der Waals surface area contributed by atoms with Crippen LogP contribution in [0.2, 0.25) is 0 Å². The number of carbonyl (C=O) groups excluding carboxylic acids is 3. The van der Waals surface area contributed by atoms with Gasteiger partial charge in [0.1, 0.15) is 18.1 Å². The molecule has 0 radical (unpaired) electrons. The minimum atomic E-state index is -3.90. The van der Waals surface area contributed by atoms with Crippen molar-refractivity contribution >= 4 is 25.3 Å². The molecule has 0 fully saturated rings. The van der Waals surface area contributed by atoms with Gasteiger partial charge in [0.25, 0.3) is 11.8 Å². The third-order valence-electron chi connectivity index (χ3n) is 5.37. The monoisotopic (exact) mass is 508 g/mol. The minimum Gasteiger partial charge on any atom is -0.415 e. The molecule has 1 heterocycles. The number of fused-ring (bicyclic) bond motifs is 1. The van der Waals surface area contributed by atoms with E-state index in [9.17, 15) is 18.9 Å². The molecule has 9 nitrogen and oxygen atoms in total. The van der Waals surface area contributed by atoms with Crippen molar-refractivity contribution in [3.8, 4) is 11.5 Å². The Morgan fingerprint density at radius 1 is 0.833 bits per heavy atom. The van der Waals surface area contributed by atoms with Crippen LogP contribution in [0, 0.1) is 0 Å². The average molecular weight is 508 g/mol. The SMILES string of the molecule is C[C@H](NC(=O)COCCN1C(=O)c2ccccc2C1=O)P(=O)(Oc1ccccc1)Oc1ccccc1. The van der Waals surface area contributed by atoms with Crippen molar-refractivity contribution in [3.05, 3.63) is 96.1 Å². The molecule has 0 aromatic heterocycles. The van der Waals surface area contributed by atoms with Crippen molar-refractivity contribution in [2.24, 2.45) is 0 Å². The van der Waals surface area contributed by atoms with Gasteiger partial charge in [-0.25, -0.2) is 4.57 Å². The lowest BCUT2D eigenvalue weighted by Gasteiger charge is -2.25. The quantitative estimate of drug-likeness (QED) is 0.236. The van der Waals surface area contributed by atoms with Gasteiger partial charge in [0.05, 0.1) is 24.3 Å². The fourth-order valence-corrected chi connectivity index (χ4v) is 5.04. The summed E-state index contributed by atoms with van der Waals surface area (Å²) in [6, 6.07) is 23.6. The Morgan fingerprint density at radius 3 is 1.81 bits per heavy atom. The first kappa shape index (κ1) is 25.2. The number of hydrogen-bond donors (Lipinski definition) is 1. The van der Waals surface area contributed by atoms with Crippen molar-refractivity contribution in [2.45, 2.75) is 12.7 Å². The highest BCUT2D eigenvalue weighted by Gasteiger charge is 2.38. The van der Waals surface area contributed by atoms with Crippen molar-refractivity contribution in [1.82, 2.24) is 10.2 Å². The lowest BCUT2D eigenvalue weighted by molar-refractivity contribution is -0.125. The second-order valence-corrected chi connectivity index (χ2v) is 10.2. The zero-order valence-electron chi connectivity index (χ0n) is 19.5. The van der Waals surface area contributed by atoms with E-state index in [2.05, 4.69) is 5.32 Å². The molecule has 3 aromatic carbocycles. The molecular weight excluding hydrogens is 483 g/mol. The van der Waals surface area contributed by atoms with Crippen LogP contribution in [-0.2, 0) is 14.1 Å². The summed E-state index contributed by atoms with van der Waals surface area (Å²) in [7, 11) is -3.90. The van der Waals surface area contributed by atoms with E-state index in [0.29, 0.717) is 22.6 Å². The van der Waals surface area contributed by atoms with E-state index >= 15 is 0 Å². The molecule has 0 bridgehead atoms. The Labute approximate surface area is 208 Å². The van der Waals surface area contributed by atoms with E-state index in [-0.39, 0.29) is 19.8 Å². The summed E-state index contributed by atoms with van der Waals surface area (Å²) in [5.74, 6) is -1.70. The second kappa shape index (κ2) is 11.2. The molecule has 1 atom stereocenters. The highest BCUT2D eigenvalue weighted by molar-refractivity contribution is 7.55. The van der Waals surface area contributed by atoms with Gasteiger partial charge >= 0.3 is 7.60 Å². The zero-order chi connectivity index (χ0) is 25.5. The third kappa shape index (κ3) is 5.82. The number of carbonyl (C=O) groups is 3. The van der Waals surface area contributed by atoms with Crippen LogP contribution in [0.4, 0.5) is 0 Å². The van der Waals surface area contributed by atoms with Crippen molar-refractivity contribution in [3.63, 3.8) is 0 Å². The molecule has 3 amide bonds. The molecule has 1 aliphatic rings. The van der Waals surface area contributed by atoms with Gasteiger partial charge in [-0.2, -0.15) is 0 Å². The summed E-state index contributed by atoms with van der Waals surface area (Å²) in [6.07, 6.45) is 0. The molecule has 36 heavy (non-hydrogen) atoms. The number of hydrogen-bond acceptors (Lipinski definition) is 7. The van der Waals surface area contributed by atoms with Crippen molar-refractivity contribution < 1.29 is 32.7 Å². The summed E-state index contributed by atoms with van der Waals surface area (Å²) in [5.41, 5.74) is 0.698. The maximum atomic E-state index is 13.7. The maximum Gasteiger partial charge on any atom is 0.452 e.